The lowest BCUT2D eigenvalue weighted by Crippen LogP contribution is -2.39. The maximum atomic E-state index is 13.0. The topological polar surface area (TPSA) is 59.1 Å². The van der Waals surface area contributed by atoms with Gasteiger partial charge in [-0.2, -0.15) is 0 Å². The van der Waals surface area contributed by atoms with Crippen LogP contribution in [0.4, 0.5) is 5.69 Å². The van der Waals surface area contributed by atoms with Gasteiger partial charge in [0.1, 0.15) is 5.76 Å². The molecule has 0 spiro atoms. The van der Waals surface area contributed by atoms with Crippen molar-refractivity contribution in [1.82, 2.24) is 4.90 Å². The molecule has 1 heterocycles. The van der Waals surface area contributed by atoms with E-state index in [-0.39, 0.29) is 5.91 Å². The van der Waals surface area contributed by atoms with E-state index in [0.29, 0.717) is 30.0 Å². The summed E-state index contributed by atoms with van der Waals surface area (Å²) in [6.07, 6.45) is 0. The van der Waals surface area contributed by atoms with E-state index in [1.165, 1.54) is 7.11 Å². The van der Waals surface area contributed by atoms with Crippen LogP contribution in [-0.2, 0) is 19.7 Å². The molecule has 0 bridgehead atoms. The van der Waals surface area contributed by atoms with E-state index in [2.05, 4.69) is 6.58 Å². The molecule has 1 aliphatic rings. The Balaban J connectivity index is 2.62. The summed E-state index contributed by atoms with van der Waals surface area (Å²) in [6.45, 7) is 11.3. The van der Waals surface area contributed by atoms with Crippen molar-refractivity contribution < 1.29 is 19.1 Å². The Kier molecular flexibility index (Phi) is 5.76. The van der Waals surface area contributed by atoms with Crippen LogP contribution in [0.2, 0.25) is 0 Å². The van der Waals surface area contributed by atoms with E-state index in [4.69, 9.17) is 9.47 Å². The van der Waals surface area contributed by atoms with Gasteiger partial charge in [0.25, 0.3) is 0 Å². The van der Waals surface area contributed by atoms with Crippen LogP contribution < -0.4 is 4.90 Å². The molecule has 2 rings (SSSR count). The maximum Gasteiger partial charge on any atom is 0.338 e. The minimum absolute atomic E-state index is 0.0179. The zero-order valence-electron chi connectivity index (χ0n) is 16.5. The summed E-state index contributed by atoms with van der Waals surface area (Å²) in [4.78, 5) is 29.1. The minimum atomic E-state index is -0.683. The number of hydrogen-bond donors (Lipinski definition) is 0. The van der Waals surface area contributed by atoms with Crippen molar-refractivity contribution in [2.75, 3.05) is 45.8 Å². The second-order valence-electron chi connectivity index (χ2n) is 7.15. The number of hydrogen-bond acceptors (Lipinski definition) is 5. The summed E-state index contributed by atoms with van der Waals surface area (Å²) < 4.78 is 10.4. The number of carbonyl (C=O) groups excluding carboxylic acids is 2. The normalized spacial score (nSPS) is 15.2. The molecule has 0 aromatic heterocycles. The summed E-state index contributed by atoms with van der Waals surface area (Å²) in [6, 6.07) is 3.57. The number of rotatable bonds is 7. The van der Waals surface area contributed by atoms with Crippen molar-refractivity contribution in [3.8, 4) is 0 Å². The van der Waals surface area contributed by atoms with Gasteiger partial charge < -0.3 is 19.3 Å². The average Bonchev–Trinajstić information content (AvgIpc) is 2.77. The van der Waals surface area contributed by atoms with Gasteiger partial charge in [0.15, 0.2) is 0 Å². The molecular weight excluding hydrogens is 332 g/mol. The first-order valence-corrected chi connectivity index (χ1v) is 8.70. The number of esters is 1. The second kappa shape index (κ2) is 7.50. The molecule has 0 saturated carbocycles. The average molecular weight is 360 g/mol. The van der Waals surface area contributed by atoms with Gasteiger partial charge in [-0.1, -0.05) is 6.58 Å². The number of fused-ring (bicyclic) bond motifs is 1. The van der Waals surface area contributed by atoms with Crippen molar-refractivity contribution >= 4 is 23.3 Å². The van der Waals surface area contributed by atoms with Gasteiger partial charge in [-0.15, -0.1) is 0 Å². The van der Waals surface area contributed by atoms with Crippen LogP contribution in [0.1, 0.15) is 42.3 Å². The highest BCUT2D eigenvalue weighted by Crippen LogP contribution is 2.44. The summed E-state index contributed by atoms with van der Waals surface area (Å²) in [5.74, 6) is -0.0663. The fourth-order valence-corrected chi connectivity index (χ4v) is 3.16. The third-order valence-electron chi connectivity index (χ3n) is 4.67. The maximum absolute atomic E-state index is 13.0. The SMILES string of the molecule is C=C(OCC)c1cc2c(cc1C(=O)OC)N(CCN(C)C)C(=O)C2(C)C. The molecule has 1 aromatic carbocycles. The van der Waals surface area contributed by atoms with Crippen LogP contribution in [-0.4, -0.2) is 57.7 Å². The summed E-state index contributed by atoms with van der Waals surface area (Å²) in [7, 11) is 5.25. The van der Waals surface area contributed by atoms with Crippen LogP contribution in [0.25, 0.3) is 5.76 Å². The van der Waals surface area contributed by atoms with E-state index in [1.54, 1.807) is 11.0 Å². The Labute approximate surface area is 155 Å². The van der Waals surface area contributed by atoms with E-state index in [1.807, 2.05) is 45.8 Å². The molecule has 1 amide bonds. The first kappa shape index (κ1) is 20.0. The number of ether oxygens (including phenoxy) is 2. The molecule has 6 nitrogen and oxygen atoms in total. The zero-order chi connectivity index (χ0) is 19.6. The van der Waals surface area contributed by atoms with Gasteiger partial charge >= 0.3 is 5.97 Å². The van der Waals surface area contributed by atoms with Gasteiger partial charge in [0, 0.05) is 24.3 Å². The lowest BCUT2D eigenvalue weighted by molar-refractivity contribution is -0.122. The number of amides is 1. The largest absolute Gasteiger partial charge is 0.494 e. The van der Waals surface area contributed by atoms with Gasteiger partial charge in [0.05, 0.1) is 24.7 Å². The van der Waals surface area contributed by atoms with E-state index in [0.717, 1.165) is 17.8 Å². The van der Waals surface area contributed by atoms with E-state index >= 15 is 0 Å². The molecule has 0 saturated heterocycles. The molecular formula is C20H28N2O4. The Hall–Kier alpha value is -2.34. The quantitative estimate of drug-likeness (QED) is 0.553. The van der Waals surface area contributed by atoms with Gasteiger partial charge in [-0.25, -0.2) is 4.79 Å². The Bertz CT molecular complexity index is 738. The molecule has 0 N–H and O–H groups in total. The van der Waals surface area contributed by atoms with Crippen LogP contribution in [0.5, 0.6) is 0 Å². The highest BCUT2D eigenvalue weighted by molar-refractivity contribution is 6.09. The predicted molar refractivity (Wildman–Crippen MR) is 102 cm³/mol. The van der Waals surface area contributed by atoms with Crippen molar-refractivity contribution in [2.24, 2.45) is 0 Å². The third kappa shape index (κ3) is 3.46. The van der Waals surface area contributed by atoms with Crippen molar-refractivity contribution in [3.63, 3.8) is 0 Å². The molecule has 0 fully saturated rings. The molecule has 142 valence electrons. The molecule has 26 heavy (non-hydrogen) atoms. The smallest absolute Gasteiger partial charge is 0.338 e. The molecule has 1 aliphatic heterocycles. The van der Waals surface area contributed by atoms with Crippen molar-refractivity contribution in [1.29, 1.82) is 0 Å². The molecule has 0 aliphatic carbocycles. The standard InChI is InChI=1S/C20H28N2O4/c1-8-26-13(2)14-11-16-17(12-15(14)18(23)25-7)22(10-9-21(5)6)19(24)20(16,3)4/h11-12H,2,8-10H2,1,3-7H3. The molecule has 6 heteroatoms. The van der Waals surface area contributed by atoms with Crippen LogP contribution in [0.15, 0.2) is 18.7 Å². The zero-order valence-corrected chi connectivity index (χ0v) is 16.5. The number of likely N-dealkylation sites (N-methyl/N-ethyl adjacent to an activating group) is 1. The van der Waals surface area contributed by atoms with Crippen LogP contribution in [0.3, 0.4) is 0 Å². The molecule has 0 radical (unpaired) electrons. The third-order valence-corrected chi connectivity index (χ3v) is 4.67. The van der Waals surface area contributed by atoms with E-state index < -0.39 is 11.4 Å². The first-order chi connectivity index (χ1) is 12.1. The molecule has 0 unspecified atom stereocenters. The number of benzene rings is 1. The number of methoxy groups -OCH3 is 1. The number of anilines is 1. The fourth-order valence-electron chi connectivity index (χ4n) is 3.16. The van der Waals surface area contributed by atoms with Gasteiger partial charge in [0.2, 0.25) is 5.91 Å². The van der Waals surface area contributed by atoms with Crippen molar-refractivity contribution in [3.05, 3.63) is 35.4 Å². The van der Waals surface area contributed by atoms with E-state index in [9.17, 15) is 9.59 Å². The minimum Gasteiger partial charge on any atom is -0.494 e. The molecule has 1 aromatic rings. The van der Waals surface area contributed by atoms with Crippen LogP contribution in [0, 0.1) is 0 Å². The predicted octanol–water partition coefficient (Wildman–Crippen LogP) is 2.67. The second-order valence-corrected chi connectivity index (χ2v) is 7.15. The first-order valence-electron chi connectivity index (χ1n) is 8.70. The number of carbonyl (C=O) groups is 2. The lowest BCUT2D eigenvalue weighted by atomic mass is 9.84. The summed E-state index contributed by atoms with van der Waals surface area (Å²) in [5, 5.41) is 0. The monoisotopic (exact) mass is 360 g/mol. The summed E-state index contributed by atoms with van der Waals surface area (Å²) in [5.41, 5.74) is 1.84. The highest BCUT2D eigenvalue weighted by atomic mass is 16.5. The molecule has 0 atom stereocenters. The van der Waals surface area contributed by atoms with Gasteiger partial charge in [-0.3, -0.25) is 4.79 Å². The van der Waals surface area contributed by atoms with Gasteiger partial charge in [-0.05, 0) is 52.6 Å². The van der Waals surface area contributed by atoms with Crippen molar-refractivity contribution in [2.45, 2.75) is 26.2 Å². The Morgan fingerprint density at radius 1 is 1.27 bits per heavy atom. The Morgan fingerprint density at radius 3 is 2.46 bits per heavy atom. The highest BCUT2D eigenvalue weighted by Gasteiger charge is 2.44. The number of nitrogens with zero attached hydrogens (tertiary/aromatic N) is 2. The Morgan fingerprint density at radius 2 is 1.92 bits per heavy atom. The lowest BCUT2D eigenvalue weighted by Gasteiger charge is -2.22. The summed E-state index contributed by atoms with van der Waals surface area (Å²) >= 11 is 0. The van der Waals surface area contributed by atoms with Crippen LogP contribution >= 0.6 is 0 Å². The fraction of sp³-hybridized carbons (Fsp3) is 0.500.